The Morgan fingerprint density at radius 3 is 2.06 bits per heavy atom. The fourth-order valence-corrected chi connectivity index (χ4v) is 6.47. The third-order valence-corrected chi connectivity index (χ3v) is 9.42. The molecular formula is C37H39Cl2N7O4. The summed E-state index contributed by atoms with van der Waals surface area (Å²) in [5.41, 5.74) is 5.22. The lowest BCUT2D eigenvalue weighted by Gasteiger charge is -2.39. The number of amides is 3. The van der Waals surface area contributed by atoms with Gasteiger partial charge in [-0.15, -0.1) is 0 Å². The molecule has 3 heterocycles. The summed E-state index contributed by atoms with van der Waals surface area (Å²) in [6.45, 7) is 10.6. The van der Waals surface area contributed by atoms with Gasteiger partial charge in [0.15, 0.2) is 0 Å². The quantitative estimate of drug-likeness (QED) is 0.155. The van der Waals surface area contributed by atoms with Gasteiger partial charge in [-0.1, -0.05) is 74.3 Å². The number of anilines is 1. The van der Waals surface area contributed by atoms with Crippen LogP contribution in [0.2, 0.25) is 10.0 Å². The SMILES string of the molecule is CCOc1cc(C(C)(C)C)ccc1C1=NC(c2ccc(Cl)cc2)C(c2ccc(Cl)cc2)N1C(=O)N1CCN(c2ncc(C(=O)NO)cn2)CC1. The van der Waals surface area contributed by atoms with Crippen LogP contribution in [0.1, 0.15) is 72.4 Å². The molecule has 4 aromatic rings. The third kappa shape index (κ3) is 7.26. The fraction of sp³-hybridized carbons (Fsp3) is 0.324. The molecule has 0 radical (unpaired) electrons. The number of rotatable bonds is 7. The molecule has 1 saturated heterocycles. The van der Waals surface area contributed by atoms with Gasteiger partial charge in [0.2, 0.25) is 5.95 Å². The minimum absolute atomic E-state index is 0.121. The van der Waals surface area contributed by atoms with E-state index in [4.69, 9.17) is 38.1 Å². The van der Waals surface area contributed by atoms with Gasteiger partial charge in [-0.05, 0) is 65.4 Å². The van der Waals surface area contributed by atoms with Gasteiger partial charge in [0.25, 0.3) is 5.91 Å². The highest BCUT2D eigenvalue weighted by Gasteiger charge is 2.45. The molecule has 3 amide bonds. The van der Waals surface area contributed by atoms with Crippen LogP contribution in [0.25, 0.3) is 0 Å². The standard InChI is InChI=1S/C37H39Cl2N7O4/c1-5-50-30-20-26(37(2,3)4)10-15-29(30)33-42-31(23-6-11-27(38)12-7-23)32(24-8-13-28(39)14-9-24)46(33)36(48)45-18-16-44(17-19-45)35-40-21-25(22-41-35)34(47)43-49/h6-15,20-22,31-32,49H,5,16-19H2,1-4H3,(H,43,47). The molecule has 6 rings (SSSR count). The Morgan fingerprint density at radius 2 is 1.50 bits per heavy atom. The van der Waals surface area contributed by atoms with E-state index in [1.165, 1.54) is 12.4 Å². The molecule has 2 aliphatic rings. The van der Waals surface area contributed by atoms with Gasteiger partial charge >= 0.3 is 6.03 Å². The van der Waals surface area contributed by atoms with Gasteiger partial charge in [0.1, 0.15) is 17.6 Å². The van der Waals surface area contributed by atoms with Gasteiger partial charge in [0.05, 0.1) is 23.8 Å². The number of urea groups is 1. The number of hydroxylamine groups is 1. The molecule has 50 heavy (non-hydrogen) atoms. The van der Waals surface area contributed by atoms with Crippen molar-refractivity contribution in [2.75, 3.05) is 37.7 Å². The van der Waals surface area contributed by atoms with E-state index in [1.807, 2.05) is 77.4 Å². The monoisotopic (exact) mass is 715 g/mol. The Kier molecular flexibility index (Phi) is 10.3. The number of carbonyl (C=O) groups is 2. The minimum Gasteiger partial charge on any atom is -0.493 e. The Bertz CT molecular complexity index is 1870. The van der Waals surface area contributed by atoms with E-state index in [0.717, 1.165) is 22.3 Å². The third-order valence-electron chi connectivity index (χ3n) is 8.92. The molecule has 0 bridgehead atoms. The van der Waals surface area contributed by atoms with E-state index in [1.54, 1.807) is 10.4 Å². The molecule has 2 N–H and O–H groups in total. The summed E-state index contributed by atoms with van der Waals surface area (Å²) in [6, 6.07) is 20.1. The first-order valence-electron chi connectivity index (χ1n) is 16.4. The zero-order chi connectivity index (χ0) is 35.6. The first kappa shape index (κ1) is 35.1. The maximum Gasteiger partial charge on any atom is 0.326 e. The van der Waals surface area contributed by atoms with Crippen LogP contribution in [0, 0.1) is 0 Å². The van der Waals surface area contributed by atoms with E-state index >= 15 is 0 Å². The molecule has 2 unspecified atom stereocenters. The zero-order valence-electron chi connectivity index (χ0n) is 28.3. The number of amidine groups is 1. The van der Waals surface area contributed by atoms with Crippen LogP contribution in [0.4, 0.5) is 10.7 Å². The molecule has 0 spiro atoms. The first-order valence-corrected chi connectivity index (χ1v) is 17.2. The topological polar surface area (TPSA) is 123 Å². The largest absolute Gasteiger partial charge is 0.493 e. The summed E-state index contributed by atoms with van der Waals surface area (Å²) in [5.74, 6) is 0.908. The summed E-state index contributed by atoms with van der Waals surface area (Å²) in [6.07, 6.45) is 2.71. The lowest BCUT2D eigenvalue weighted by molar-refractivity contribution is 0.0705. The second-order valence-corrected chi connectivity index (χ2v) is 14.1. The maximum atomic E-state index is 14.9. The average Bonchev–Trinajstić information content (AvgIpc) is 3.52. The van der Waals surface area contributed by atoms with Crippen molar-refractivity contribution in [1.82, 2.24) is 25.2 Å². The molecule has 2 atom stereocenters. The molecule has 1 aromatic heterocycles. The van der Waals surface area contributed by atoms with Crippen molar-refractivity contribution in [2.45, 2.75) is 45.2 Å². The highest BCUT2D eigenvalue weighted by molar-refractivity contribution is 6.30. The lowest BCUT2D eigenvalue weighted by atomic mass is 9.86. The van der Waals surface area contributed by atoms with Crippen molar-refractivity contribution in [1.29, 1.82) is 0 Å². The van der Waals surface area contributed by atoms with Gasteiger partial charge in [-0.25, -0.2) is 20.2 Å². The smallest absolute Gasteiger partial charge is 0.326 e. The van der Waals surface area contributed by atoms with Crippen molar-refractivity contribution in [3.8, 4) is 5.75 Å². The van der Waals surface area contributed by atoms with E-state index in [-0.39, 0.29) is 17.0 Å². The van der Waals surface area contributed by atoms with Crippen molar-refractivity contribution in [3.63, 3.8) is 0 Å². The van der Waals surface area contributed by atoms with Crippen LogP contribution in [0.5, 0.6) is 5.75 Å². The van der Waals surface area contributed by atoms with Gasteiger partial charge < -0.3 is 14.5 Å². The van der Waals surface area contributed by atoms with E-state index in [9.17, 15) is 9.59 Å². The number of aliphatic imine (C=N–C) groups is 1. The lowest BCUT2D eigenvalue weighted by Crippen LogP contribution is -2.54. The van der Waals surface area contributed by atoms with Crippen LogP contribution in [-0.4, -0.2) is 75.5 Å². The number of hydrogen-bond donors (Lipinski definition) is 2. The summed E-state index contributed by atoms with van der Waals surface area (Å²) < 4.78 is 6.24. The molecule has 13 heteroatoms. The number of nitrogens with zero attached hydrogens (tertiary/aromatic N) is 6. The summed E-state index contributed by atoms with van der Waals surface area (Å²) in [7, 11) is 0. The molecule has 0 aliphatic carbocycles. The summed E-state index contributed by atoms with van der Waals surface area (Å²) in [5, 5.41) is 10.1. The van der Waals surface area contributed by atoms with E-state index in [0.29, 0.717) is 60.4 Å². The zero-order valence-corrected chi connectivity index (χ0v) is 29.8. The molecule has 1 fully saturated rings. The number of benzene rings is 3. The van der Waals surface area contributed by atoms with Crippen molar-refractivity contribution < 1.29 is 19.5 Å². The first-order chi connectivity index (χ1) is 24.0. The van der Waals surface area contributed by atoms with E-state index < -0.39 is 18.0 Å². The second kappa shape index (κ2) is 14.6. The maximum absolute atomic E-state index is 14.9. The van der Waals surface area contributed by atoms with Crippen molar-refractivity contribution in [3.05, 3.63) is 117 Å². The van der Waals surface area contributed by atoms with Gasteiger partial charge in [0, 0.05) is 48.6 Å². The van der Waals surface area contributed by atoms with Crippen molar-refractivity contribution >= 4 is 46.9 Å². The van der Waals surface area contributed by atoms with Crippen LogP contribution in [0.3, 0.4) is 0 Å². The van der Waals surface area contributed by atoms with E-state index in [2.05, 4.69) is 36.8 Å². The number of ether oxygens (including phenoxy) is 1. The predicted octanol–water partition coefficient (Wildman–Crippen LogP) is 7.09. The van der Waals surface area contributed by atoms with Crippen LogP contribution >= 0.6 is 23.2 Å². The van der Waals surface area contributed by atoms with Crippen molar-refractivity contribution in [2.24, 2.45) is 4.99 Å². The second-order valence-electron chi connectivity index (χ2n) is 13.2. The molecular weight excluding hydrogens is 677 g/mol. The molecule has 11 nitrogen and oxygen atoms in total. The molecule has 260 valence electrons. The number of aromatic nitrogens is 2. The number of hydrogen-bond acceptors (Lipinski definition) is 8. The fourth-order valence-electron chi connectivity index (χ4n) is 6.22. The Balaban J connectivity index is 1.40. The van der Waals surface area contributed by atoms with Crippen LogP contribution < -0.4 is 15.1 Å². The number of halogens is 2. The summed E-state index contributed by atoms with van der Waals surface area (Å²) in [4.78, 5) is 46.2. The van der Waals surface area contributed by atoms with Gasteiger partial charge in [-0.3, -0.25) is 19.9 Å². The number of nitrogens with one attached hydrogen (secondary N) is 1. The van der Waals surface area contributed by atoms with Crippen LogP contribution in [0.15, 0.2) is 84.1 Å². The van der Waals surface area contributed by atoms with Gasteiger partial charge in [-0.2, -0.15) is 0 Å². The molecule has 0 saturated carbocycles. The highest BCUT2D eigenvalue weighted by atomic mass is 35.5. The normalized spacial score (nSPS) is 17.8. The van der Waals surface area contributed by atoms with Crippen LogP contribution in [-0.2, 0) is 5.41 Å². The molecule has 2 aliphatic heterocycles. The predicted molar refractivity (Wildman–Crippen MR) is 194 cm³/mol. The highest BCUT2D eigenvalue weighted by Crippen LogP contribution is 2.46. The Labute approximate surface area is 301 Å². The number of piperazine rings is 1. The minimum atomic E-state index is -0.692. The Morgan fingerprint density at radius 1 is 0.900 bits per heavy atom. The number of carbonyl (C=O) groups excluding carboxylic acids is 2. The Hall–Kier alpha value is -4.71. The average molecular weight is 717 g/mol. The summed E-state index contributed by atoms with van der Waals surface area (Å²) >= 11 is 12.6. The molecule has 3 aromatic carbocycles.